The first-order valence-corrected chi connectivity index (χ1v) is 7.29. The topological polar surface area (TPSA) is 58.2 Å². The van der Waals surface area contributed by atoms with Crippen LogP contribution in [0.25, 0.3) is 0 Å². The van der Waals surface area contributed by atoms with Crippen molar-refractivity contribution in [2.45, 2.75) is 45.2 Å². The van der Waals surface area contributed by atoms with E-state index in [1.807, 2.05) is 30.3 Å². The molecule has 2 N–H and O–H groups in total. The molecule has 108 valence electrons. The summed E-state index contributed by atoms with van der Waals surface area (Å²) >= 11 is 0. The van der Waals surface area contributed by atoms with E-state index in [1.165, 1.54) is 6.42 Å². The van der Waals surface area contributed by atoms with Crippen molar-refractivity contribution in [3.63, 3.8) is 0 Å². The lowest BCUT2D eigenvalue weighted by Gasteiger charge is -2.29. The minimum Gasteiger partial charge on any atom is -0.345 e. The molecule has 1 aliphatic carbocycles. The second kappa shape index (κ2) is 7.08. The zero-order valence-corrected chi connectivity index (χ0v) is 11.9. The average Bonchev–Trinajstić information content (AvgIpc) is 2.48. The number of rotatable bonds is 3. The smallest absolute Gasteiger partial charge is 0.309 e. The zero-order chi connectivity index (χ0) is 14.4. The molecule has 1 saturated carbocycles. The maximum atomic E-state index is 11.9. The molecule has 0 heterocycles. The number of hydrogen-bond donors (Lipinski definition) is 2. The third kappa shape index (κ3) is 4.08. The fourth-order valence-corrected chi connectivity index (χ4v) is 2.62. The van der Waals surface area contributed by atoms with Crippen molar-refractivity contribution < 1.29 is 9.59 Å². The lowest BCUT2D eigenvalue weighted by atomic mass is 9.86. The first-order chi connectivity index (χ1) is 9.66. The molecule has 0 spiro atoms. The maximum Gasteiger partial charge on any atom is 0.309 e. The lowest BCUT2D eigenvalue weighted by molar-refractivity contribution is -0.140. The van der Waals surface area contributed by atoms with E-state index in [0.29, 0.717) is 12.5 Å². The van der Waals surface area contributed by atoms with Gasteiger partial charge in [0.25, 0.3) is 0 Å². The van der Waals surface area contributed by atoms with Gasteiger partial charge in [-0.3, -0.25) is 9.59 Å². The molecule has 0 aromatic heterocycles. The minimum absolute atomic E-state index is 0.138. The van der Waals surface area contributed by atoms with Crippen LogP contribution in [-0.2, 0) is 16.1 Å². The van der Waals surface area contributed by atoms with E-state index in [-0.39, 0.29) is 6.04 Å². The van der Waals surface area contributed by atoms with Gasteiger partial charge in [-0.1, -0.05) is 50.1 Å². The molecule has 1 aromatic carbocycles. The number of nitrogens with one attached hydrogen (secondary N) is 2. The van der Waals surface area contributed by atoms with Crippen molar-refractivity contribution in [3.8, 4) is 0 Å². The number of hydrogen-bond acceptors (Lipinski definition) is 2. The normalized spacial score (nSPS) is 22.1. The summed E-state index contributed by atoms with van der Waals surface area (Å²) in [5.41, 5.74) is 0.986. The van der Waals surface area contributed by atoms with Gasteiger partial charge >= 0.3 is 11.8 Å². The van der Waals surface area contributed by atoms with Gasteiger partial charge in [-0.05, 0) is 24.3 Å². The van der Waals surface area contributed by atoms with Gasteiger partial charge in [0.05, 0.1) is 0 Å². The molecule has 0 saturated heterocycles. The molecule has 0 unspecified atom stereocenters. The highest BCUT2D eigenvalue weighted by Crippen LogP contribution is 2.23. The van der Waals surface area contributed by atoms with E-state index >= 15 is 0 Å². The summed E-state index contributed by atoms with van der Waals surface area (Å²) in [5, 5.41) is 5.51. The van der Waals surface area contributed by atoms with Gasteiger partial charge in [-0.15, -0.1) is 0 Å². The second-order valence-electron chi connectivity index (χ2n) is 5.51. The predicted octanol–water partition coefficient (Wildman–Crippen LogP) is 2.00. The van der Waals surface area contributed by atoms with Crippen molar-refractivity contribution in [3.05, 3.63) is 35.9 Å². The van der Waals surface area contributed by atoms with Crippen molar-refractivity contribution in [2.24, 2.45) is 5.92 Å². The Balaban J connectivity index is 1.78. The molecule has 1 aromatic rings. The standard InChI is InChI=1S/C16H22N2O2/c1-12-7-5-6-10-14(12)18-16(20)15(19)17-11-13-8-3-2-4-9-13/h2-4,8-9,12,14H,5-7,10-11H2,1H3,(H,17,19)(H,18,20)/t12-,14+/m1/s1. The van der Waals surface area contributed by atoms with E-state index in [1.54, 1.807) is 0 Å². The van der Waals surface area contributed by atoms with E-state index in [4.69, 9.17) is 0 Å². The van der Waals surface area contributed by atoms with Crippen molar-refractivity contribution >= 4 is 11.8 Å². The first kappa shape index (κ1) is 14.6. The van der Waals surface area contributed by atoms with Crippen LogP contribution in [0.3, 0.4) is 0 Å². The predicted molar refractivity (Wildman–Crippen MR) is 77.9 cm³/mol. The Morgan fingerprint density at radius 1 is 1.10 bits per heavy atom. The monoisotopic (exact) mass is 274 g/mol. The van der Waals surface area contributed by atoms with E-state index < -0.39 is 11.8 Å². The number of benzene rings is 1. The van der Waals surface area contributed by atoms with Crippen LogP contribution < -0.4 is 10.6 Å². The number of carbonyl (C=O) groups is 2. The van der Waals surface area contributed by atoms with Gasteiger partial charge in [0.2, 0.25) is 0 Å². The van der Waals surface area contributed by atoms with Crippen molar-refractivity contribution in [1.82, 2.24) is 10.6 Å². The van der Waals surface area contributed by atoms with Crippen molar-refractivity contribution in [2.75, 3.05) is 0 Å². The van der Waals surface area contributed by atoms with Crippen LogP contribution in [0.2, 0.25) is 0 Å². The second-order valence-corrected chi connectivity index (χ2v) is 5.51. The van der Waals surface area contributed by atoms with Gasteiger partial charge in [0, 0.05) is 12.6 Å². The molecule has 2 amide bonds. The first-order valence-electron chi connectivity index (χ1n) is 7.29. The molecule has 4 heteroatoms. The van der Waals surface area contributed by atoms with Crippen LogP contribution in [0.4, 0.5) is 0 Å². The van der Waals surface area contributed by atoms with E-state index in [9.17, 15) is 9.59 Å². The van der Waals surface area contributed by atoms with Gasteiger partial charge in [-0.25, -0.2) is 0 Å². The minimum atomic E-state index is -0.549. The highest BCUT2D eigenvalue weighted by atomic mass is 16.2. The van der Waals surface area contributed by atoms with Gasteiger partial charge in [0.15, 0.2) is 0 Å². The van der Waals surface area contributed by atoms with Crippen LogP contribution >= 0.6 is 0 Å². The lowest BCUT2D eigenvalue weighted by Crippen LogP contribution is -2.47. The Labute approximate surface area is 119 Å². The van der Waals surface area contributed by atoms with Gasteiger partial charge in [0.1, 0.15) is 0 Å². The number of amides is 2. The summed E-state index contributed by atoms with van der Waals surface area (Å²) in [4.78, 5) is 23.6. The molecule has 20 heavy (non-hydrogen) atoms. The number of carbonyl (C=O) groups excluding carboxylic acids is 2. The fourth-order valence-electron chi connectivity index (χ4n) is 2.62. The quantitative estimate of drug-likeness (QED) is 0.828. The summed E-state index contributed by atoms with van der Waals surface area (Å²) in [6, 6.07) is 9.71. The molecule has 2 atom stereocenters. The Morgan fingerprint density at radius 2 is 1.80 bits per heavy atom. The molecule has 0 bridgehead atoms. The van der Waals surface area contributed by atoms with E-state index in [2.05, 4.69) is 17.6 Å². The summed E-state index contributed by atoms with van der Waals surface area (Å²) in [6.07, 6.45) is 4.43. The molecule has 1 fully saturated rings. The van der Waals surface area contributed by atoms with Gasteiger partial charge in [-0.2, -0.15) is 0 Å². The molecule has 1 aliphatic rings. The molecule has 4 nitrogen and oxygen atoms in total. The van der Waals surface area contributed by atoms with Crippen LogP contribution in [0.5, 0.6) is 0 Å². The molecule has 0 radical (unpaired) electrons. The Bertz CT molecular complexity index is 459. The largest absolute Gasteiger partial charge is 0.345 e. The molecule has 2 rings (SSSR count). The van der Waals surface area contributed by atoms with Crippen LogP contribution in [-0.4, -0.2) is 17.9 Å². The van der Waals surface area contributed by atoms with Crippen LogP contribution in [0, 0.1) is 5.92 Å². The Kier molecular flexibility index (Phi) is 5.16. The summed E-state index contributed by atoms with van der Waals surface area (Å²) in [6.45, 7) is 2.51. The Morgan fingerprint density at radius 3 is 2.50 bits per heavy atom. The van der Waals surface area contributed by atoms with Gasteiger partial charge < -0.3 is 10.6 Å². The van der Waals surface area contributed by atoms with E-state index in [0.717, 1.165) is 24.8 Å². The SMILES string of the molecule is C[C@@H]1CCCC[C@@H]1NC(=O)C(=O)NCc1ccccc1. The highest BCUT2D eigenvalue weighted by molar-refractivity contribution is 6.35. The summed E-state index contributed by atoms with van der Waals surface area (Å²) < 4.78 is 0. The third-order valence-corrected chi connectivity index (χ3v) is 3.93. The van der Waals surface area contributed by atoms with Crippen LogP contribution in [0.1, 0.15) is 38.2 Å². The van der Waals surface area contributed by atoms with Crippen LogP contribution in [0.15, 0.2) is 30.3 Å². The van der Waals surface area contributed by atoms with Crippen molar-refractivity contribution in [1.29, 1.82) is 0 Å². The third-order valence-electron chi connectivity index (χ3n) is 3.93. The average molecular weight is 274 g/mol. The fraction of sp³-hybridized carbons (Fsp3) is 0.500. The summed E-state index contributed by atoms with van der Waals surface area (Å²) in [7, 11) is 0. The Hall–Kier alpha value is -1.84. The molecule has 0 aliphatic heterocycles. The molecular weight excluding hydrogens is 252 g/mol. The summed E-state index contributed by atoms with van der Waals surface area (Å²) in [5.74, 6) is -0.610. The molecular formula is C16H22N2O2. The highest BCUT2D eigenvalue weighted by Gasteiger charge is 2.25. The maximum absolute atomic E-state index is 11.9. The zero-order valence-electron chi connectivity index (χ0n) is 11.9.